The zero-order chi connectivity index (χ0) is 14.3. The van der Waals surface area contributed by atoms with Crippen LogP contribution in [-0.4, -0.2) is 23.7 Å². The van der Waals surface area contributed by atoms with Crippen LogP contribution < -0.4 is 10.6 Å². The molecule has 0 aliphatic carbocycles. The topological polar surface area (TPSA) is 56.7 Å². The summed E-state index contributed by atoms with van der Waals surface area (Å²) in [6, 6.07) is 4.97. The minimum atomic E-state index is -0.387. The molecule has 0 saturated heterocycles. The third-order valence-electron chi connectivity index (χ3n) is 2.47. The molecule has 0 saturated carbocycles. The van der Waals surface area contributed by atoms with E-state index in [1.165, 1.54) is 6.07 Å². The molecule has 3 N–H and O–H groups in total. The molecule has 0 unspecified atom stereocenters. The molecule has 20 heavy (non-hydrogen) atoms. The van der Waals surface area contributed by atoms with Crippen LogP contribution in [-0.2, 0) is 13.2 Å². The predicted octanol–water partition coefficient (Wildman–Crippen LogP) is 2.40. The summed E-state index contributed by atoms with van der Waals surface area (Å²) >= 11 is 0. The number of halogens is 2. The Labute approximate surface area is 136 Å². The molecule has 0 bridgehead atoms. The number of aliphatic imine (C=N–C) groups is 1. The number of aliphatic hydroxyl groups is 1. The molecule has 0 aromatic heterocycles. The van der Waals surface area contributed by atoms with Gasteiger partial charge < -0.3 is 15.7 Å². The highest BCUT2D eigenvalue weighted by Crippen LogP contribution is 2.11. The highest BCUT2D eigenvalue weighted by atomic mass is 127. The summed E-state index contributed by atoms with van der Waals surface area (Å²) in [5, 5.41) is 15.4. The number of nitrogens with zero attached hydrogens (tertiary/aromatic N) is 1. The average Bonchev–Trinajstić information content (AvgIpc) is 2.37. The van der Waals surface area contributed by atoms with Crippen molar-refractivity contribution < 1.29 is 9.50 Å². The molecule has 1 aromatic rings. The van der Waals surface area contributed by atoms with E-state index < -0.39 is 0 Å². The third-order valence-corrected chi connectivity index (χ3v) is 2.47. The molecule has 6 heteroatoms. The van der Waals surface area contributed by atoms with E-state index in [-0.39, 0.29) is 36.4 Å². The van der Waals surface area contributed by atoms with Gasteiger partial charge in [0.15, 0.2) is 5.96 Å². The highest BCUT2D eigenvalue weighted by molar-refractivity contribution is 14.0. The Hall–Kier alpha value is -0.890. The van der Waals surface area contributed by atoms with Gasteiger partial charge in [0, 0.05) is 18.2 Å². The molecule has 0 heterocycles. The quantitative estimate of drug-likeness (QED) is 0.408. The van der Waals surface area contributed by atoms with Crippen molar-refractivity contribution in [3.05, 3.63) is 35.1 Å². The fraction of sp³-hybridized carbons (Fsp3) is 0.500. The van der Waals surface area contributed by atoms with Gasteiger partial charge in [0.1, 0.15) is 5.82 Å². The van der Waals surface area contributed by atoms with E-state index in [0.717, 1.165) is 18.1 Å². The smallest absolute Gasteiger partial charge is 0.191 e. The van der Waals surface area contributed by atoms with Gasteiger partial charge in [-0.05, 0) is 38.5 Å². The van der Waals surface area contributed by atoms with E-state index in [4.69, 9.17) is 5.11 Å². The molecular formula is C14H23FIN3O. The standard InChI is InChI=1S/C14H22FN3O.HI/c1-4-16-14(18-10(2)3)17-8-11-5-6-13(15)12(7-11)9-19;/h5-7,10,19H,4,8-9H2,1-3H3,(H2,16,17,18);1H. The van der Waals surface area contributed by atoms with Gasteiger partial charge >= 0.3 is 0 Å². The minimum absolute atomic E-state index is 0. The van der Waals surface area contributed by atoms with Crippen LogP contribution in [0, 0.1) is 5.82 Å². The minimum Gasteiger partial charge on any atom is -0.392 e. The van der Waals surface area contributed by atoms with E-state index in [9.17, 15) is 4.39 Å². The first-order chi connectivity index (χ1) is 9.06. The third kappa shape index (κ3) is 6.51. The van der Waals surface area contributed by atoms with Crippen molar-refractivity contribution in [3.8, 4) is 0 Å². The van der Waals surface area contributed by atoms with Crippen molar-refractivity contribution in [2.24, 2.45) is 4.99 Å². The number of guanidine groups is 1. The van der Waals surface area contributed by atoms with Gasteiger partial charge in [-0.25, -0.2) is 9.38 Å². The summed E-state index contributed by atoms with van der Waals surface area (Å²) in [5.74, 6) is 0.342. The number of nitrogens with one attached hydrogen (secondary N) is 2. The molecular weight excluding hydrogens is 372 g/mol. The molecule has 0 atom stereocenters. The van der Waals surface area contributed by atoms with Crippen LogP contribution in [0.25, 0.3) is 0 Å². The summed E-state index contributed by atoms with van der Waals surface area (Å²) < 4.78 is 13.2. The summed E-state index contributed by atoms with van der Waals surface area (Å²) in [7, 11) is 0. The van der Waals surface area contributed by atoms with Crippen molar-refractivity contribution in [1.29, 1.82) is 0 Å². The van der Waals surface area contributed by atoms with Crippen molar-refractivity contribution in [2.75, 3.05) is 6.54 Å². The molecule has 4 nitrogen and oxygen atoms in total. The Kier molecular flexibility index (Phi) is 9.49. The Morgan fingerprint density at radius 3 is 2.65 bits per heavy atom. The zero-order valence-electron chi connectivity index (χ0n) is 12.1. The van der Waals surface area contributed by atoms with Crippen LogP contribution in [0.1, 0.15) is 31.9 Å². The lowest BCUT2D eigenvalue weighted by atomic mass is 10.1. The maximum atomic E-state index is 13.2. The average molecular weight is 395 g/mol. The maximum Gasteiger partial charge on any atom is 0.191 e. The van der Waals surface area contributed by atoms with Gasteiger partial charge in [0.25, 0.3) is 0 Å². The monoisotopic (exact) mass is 395 g/mol. The molecule has 114 valence electrons. The zero-order valence-corrected chi connectivity index (χ0v) is 14.4. The van der Waals surface area contributed by atoms with Crippen molar-refractivity contribution >= 4 is 29.9 Å². The molecule has 0 spiro atoms. The fourth-order valence-electron chi connectivity index (χ4n) is 1.61. The predicted molar refractivity (Wildman–Crippen MR) is 90.8 cm³/mol. The molecule has 0 amide bonds. The Morgan fingerprint density at radius 2 is 2.10 bits per heavy atom. The summed E-state index contributed by atoms with van der Waals surface area (Å²) in [6.45, 7) is 7.00. The fourth-order valence-corrected chi connectivity index (χ4v) is 1.61. The highest BCUT2D eigenvalue weighted by Gasteiger charge is 2.03. The van der Waals surface area contributed by atoms with Crippen LogP contribution in [0.3, 0.4) is 0 Å². The molecule has 0 aliphatic rings. The molecule has 0 radical (unpaired) electrons. The van der Waals surface area contributed by atoms with Gasteiger partial charge in [-0.2, -0.15) is 0 Å². The number of benzene rings is 1. The summed E-state index contributed by atoms with van der Waals surface area (Å²) in [6.07, 6.45) is 0. The first-order valence-electron chi connectivity index (χ1n) is 6.49. The second kappa shape index (κ2) is 9.93. The van der Waals surface area contributed by atoms with E-state index in [1.807, 2.05) is 20.8 Å². The Morgan fingerprint density at radius 1 is 1.40 bits per heavy atom. The molecule has 0 aliphatic heterocycles. The SMILES string of the molecule is CCNC(=NCc1ccc(F)c(CO)c1)NC(C)C.I. The molecule has 1 rings (SSSR count). The Balaban J connectivity index is 0.00000361. The normalized spacial score (nSPS) is 11.2. The van der Waals surface area contributed by atoms with Gasteiger partial charge in [-0.15, -0.1) is 24.0 Å². The van der Waals surface area contributed by atoms with Crippen LogP contribution >= 0.6 is 24.0 Å². The largest absolute Gasteiger partial charge is 0.392 e. The van der Waals surface area contributed by atoms with Gasteiger partial charge in [-0.1, -0.05) is 6.07 Å². The number of hydrogen-bond acceptors (Lipinski definition) is 2. The summed E-state index contributed by atoms with van der Waals surface area (Å²) in [4.78, 5) is 4.42. The van der Waals surface area contributed by atoms with Crippen LogP contribution in [0.5, 0.6) is 0 Å². The lowest BCUT2D eigenvalue weighted by molar-refractivity contribution is 0.275. The van der Waals surface area contributed by atoms with Gasteiger partial charge in [0.05, 0.1) is 13.2 Å². The van der Waals surface area contributed by atoms with Gasteiger partial charge in [-0.3, -0.25) is 0 Å². The second-order valence-corrected chi connectivity index (χ2v) is 4.58. The van der Waals surface area contributed by atoms with Crippen LogP contribution in [0.15, 0.2) is 23.2 Å². The number of aliphatic hydroxyl groups excluding tert-OH is 1. The first kappa shape index (κ1) is 19.1. The number of rotatable bonds is 5. The second-order valence-electron chi connectivity index (χ2n) is 4.58. The van der Waals surface area contributed by atoms with Crippen molar-refractivity contribution in [3.63, 3.8) is 0 Å². The van der Waals surface area contributed by atoms with E-state index in [0.29, 0.717) is 18.2 Å². The summed E-state index contributed by atoms with van der Waals surface area (Å²) in [5.41, 5.74) is 1.17. The molecule has 0 fully saturated rings. The van der Waals surface area contributed by atoms with Crippen LogP contribution in [0.4, 0.5) is 4.39 Å². The molecule has 1 aromatic carbocycles. The van der Waals surface area contributed by atoms with Crippen LogP contribution in [0.2, 0.25) is 0 Å². The van der Waals surface area contributed by atoms with E-state index in [2.05, 4.69) is 15.6 Å². The lowest BCUT2D eigenvalue weighted by Gasteiger charge is -2.14. The Bertz CT molecular complexity index is 438. The van der Waals surface area contributed by atoms with E-state index >= 15 is 0 Å². The number of hydrogen-bond donors (Lipinski definition) is 3. The van der Waals surface area contributed by atoms with Gasteiger partial charge in [0.2, 0.25) is 0 Å². The first-order valence-corrected chi connectivity index (χ1v) is 6.49. The van der Waals surface area contributed by atoms with Crippen molar-refractivity contribution in [2.45, 2.75) is 40.0 Å². The van der Waals surface area contributed by atoms with Crippen molar-refractivity contribution in [1.82, 2.24) is 10.6 Å². The lowest BCUT2D eigenvalue weighted by Crippen LogP contribution is -2.41. The maximum absolute atomic E-state index is 13.2. The van der Waals surface area contributed by atoms with E-state index in [1.54, 1.807) is 12.1 Å².